The molecule has 41 heavy (non-hydrogen) atoms. The molecule has 1 aliphatic rings. The van der Waals surface area contributed by atoms with Crippen LogP contribution in [-0.2, 0) is 17.4 Å². The second-order valence-corrected chi connectivity index (χ2v) is 11.3. The van der Waals surface area contributed by atoms with Crippen molar-refractivity contribution in [1.82, 2.24) is 9.88 Å². The van der Waals surface area contributed by atoms with Crippen molar-refractivity contribution in [2.75, 3.05) is 18.4 Å². The minimum absolute atomic E-state index is 0.113. The topological polar surface area (TPSA) is 62.3 Å². The maximum absolute atomic E-state index is 13.2. The minimum Gasteiger partial charge on any atom is -0.343 e. The van der Waals surface area contributed by atoms with Crippen LogP contribution in [0, 0.1) is 0 Å². The van der Waals surface area contributed by atoms with Gasteiger partial charge < -0.3 is 10.2 Å². The zero-order chi connectivity index (χ0) is 29.0. The number of hydrogen-bond donors (Lipinski definition) is 1. The monoisotopic (exact) mass is 597 g/mol. The van der Waals surface area contributed by atoms with Crippen molar-refractivity contribution in [2.24, 2.45) is 0 Å². The normalized spacial score (nSPS) is 14.2. The summed E-state index contributed by atoms with van der Waals surface area (Å²) in [7, 11) is 0. The van der Waals surface area contributed by atoms with E-state index in [1.165, 1.54) is 17.4 Å². The van der Waals surface area contributed by atoms with E-state index in [0.29, 0.717) is 47.8 Å². The number of nitrogens with one attached hydrogen (secondary N) is 1. The number of likely N-dealkylation sites (tertiary alicyclic amines) is 1. The van der Waals surface area contributed by atoms with E-state index in [9.17, 15) is 22.8 Å². The molecule has 1 aliphatic heterocycles. The molecule has 5 nitrogen and oxygen atoms in total. The summed E-state index contributed by atoms with van der Waals surface area (Å²) >= 11 is 7.44. The van der Waals surface area contributed by atoms with Gasteiger partial charge in [-0.1, -0.05) is 54.1 Å². The Kier molecular flexibility index (Phi) is 8.75. The Morgan fingerprint density at radius 2 is 1.76 bits per heavy atom. The molecule has 212 valence electrons. The lowest BCUT2D eigenvalue weighted by Gasteiger charge is -2.31. The summed E-state index contributed by atoms with van der Waals surface area (Å²) in [4.78, 5) is 32.3. The Morgan fingerprint density at radius 3 is 2.51 bits per heavy atom. The molecule has 1 saturated heterocycles. The van der Waals surface area contributed by atoms with Crippen LogP contribution < -0.4 is 5.32 Å². The predicted molar refractivity (Wildman–Crippen MR) is 155 cm³/mol. The summed E-state index contributed by atoms with van der Waals surface area (Å²) in [6.07, 6.45) is -1.88. The molecule has 1 aromatic heterocycles. The van der Waals surface area contributed by atoms with Gasteiger partial charge in [-0.05, 0) is 60.7 Å². The number of aromatic nitrogens is 1. The zero-order valence-corrected chi connectivity index (χ0v) is 23.5. The van der Waals surface area contributed by atoms with Crippen molar-refractivity contribution >= 4 is 40.4 Å². The van der Waals surface area contributed by atoms with Crippen LogP contribution in [0.25, 0.3) is 11.1 Å². The molecule has 1 N–H and O–H groups in total. The Hall–Kier alpha value is -3.69. The van der Waals surface area contributed by atoms with Crippen LogP contribution in [0.4, 0.5) is 18.9 Å². The number of carbonyl (C=O) groups excluding carboxylic acids is 2. The van der Waals surface area contributed by atoms with E-state index in [4.69, 9.17) is 11.6 Å². The van der Waals surface area contributed by atoms with E-state index in [1.807, 2.05) is 29.2 Å². The van der Waals surface area contributed by atoms with Crippen molar-refractivity contribution in [3.8, 4) is 11.1 Å². The first kappa shape index (κ1) is 28.8. The highest BCUT2D eigenvalue weighted by Crippen LogP contribution is 2.35. The van der Waals surface area contributed by atoms with E-state index in [-0.39, 0.29) is 17.5 Å². The third kappa shape index (κ3) is 7.15. The van der Waals surface area contributed by atoms with E-state index in [0.717, 1.165) is 35.5 Å². The molecular formula is C31H27ClF3N3O2S. The van der Waals surface area contributed by atoms with E-state index in [1.54, 1.807) is 35.7 Å². The quantitative estimate of drug-likeness (QED) is 0.234. The Bertz CT molecular complexity index is 1550. The lowest BCUT2D eigenvalue weighted by Crippen LogP contribution is -2.38. The van der Waals surface area contributed by atoms with Crippen LogP contribution >= 0.6 is 22.9 Å². The number of para-hydroxylation sites is 1. The van der Waals surface area contributed by atoms with Gasteiger partial charge in [-0.25, -0.2) is 4.98 Å². The number of nitrogens with zero attached hydrogens (tertiary/aromatic N) is 2. The van der Waals surface area contributed by atoms with Crippen molar-refractivity contribution in [1.29, 1.82) is 0 Å². The summed E-state index contributed by atoms with van der Waals surface area (Å²) in [6.45, 7) is 1.26. The first-order chi connectivity index (χ1) is 19.7. The number of halogens is 4. The number of hydrogen-bond acceptors (Lipinski definition) is 4. The Labute approximate surface area is 245 Å². The molecule has 4 aromatic rings. The summed E-state index contributed by atoms with van der Waals surface area (Å²) in [6, 6.07) is 19.3. The summed E-state index contributed by atoms with van der Waals surface area (Å²) < 4.78 is 39.7. The molecule has 10 heteroatoms. The molecular weight excluding hydrogens is 571 g/mol. The smallest absolute Gasteiger partial charge is 0.343 e. The highest BCUT2D eigenvalue weighted by Gasteiger charge is 2.31. The first-order valence-corrected chi connectivity index (χ1v) is 14.5. The maximum Gasteiger partial charge on any atom is 0.416 e. The summed E-state index contributed by atoms with van der Waals surface area (Å²) in [5.74, 6) is -0.168. The van der Waals surface area contributed by atoms with Gasteiger partial charge in [0.2, 0.25) is 5.91 Å². The van der Waals surface area contributed by atoms with Crippen molar-refractivity contribution in [2.45, 2.75) is 37.8 Å². The van der Waals surface area contributed by atoms with Crippen molar-refractivity contribution < 1.29 is 22.8 Å². The molecule has 1 fully saturated rings. The van der Waals surface area contributed by atoms with Crippen molar-refractivity contribution in [3.05, 3.63) is 105 Å². The number of amides is 2. The van der Waals surface area contributed by atoms with Crippen LogP contribution in [0.3, 0.4) is 0 Å². The average Bonchev–Trinajstić information content (AvgIpc) is 3.47. The molecule has 0 spiro atoms. The van der Waals surface area contributed by atoms with Gasteiger partial charge in [-0.15, -0.1) is 11.3 Å². The van der Waals surface area contributed by atoms with Crippen LogP contribution in [0.15, 0.2) is 78.2 Å². The summed E-state index contributed by atoms with van der Waals surface area (Å²) in [5.41, 5.74) is 1.76. The first-order valence-electron chi connectivity index (χ1n) is 13.2. The molecule has 0 bridgehead atoms. The van der Waals surface area contributed by atoms with E-state index in [2.05, 4.69) is 10.3 Å². The third-order valence-electron chi connectivity index (χ3n) is 7.14. The van der Waals surface area contributed by atoms with Crippen LogP contribution in [0.1, 0.15) is 51.8 Å². The fourth-order valence-corrected chi connectivity index (χ4v) is 6.13. The van der Waals surface area contributed by atoms with Gasteiger partial charge in [0, 0.05) is 47.1 Å². The lowest BCUT2D eigenvalue weighted by atomic mass is 9.97. The SMILES string of the molecule is O=C(Nc1ccccc1-c1cccc(C(F)(F)F)c1)c1csc(C2CCN(C(=O)CCc3cccc(Cl)c3)CC2)n1. The predicted octanol–water partition coefficient (Wildman–Crippen LogP) is 8.07. The number of anilines is 1. The third-order valence-corrected chi connectivity index (χ3v) is 8.39. The van der Waals surface area contributed by atoms with Gasteiger partial charge in [0.05, 0.1) is 10.6 Å². The zero-order valence-electron chi connectivity index (χ0n) is 22.0. The largest absolute Gasteiger partial charge is 0.416 e. The maximum atomic E-state index is 13.2. The summed E-state index contributed by atoms with van der Waals surface area (Å²) in [5, 5.41) is 6.01. The van der Waals surface area contributed by atoms with Gasteiger partial charge in [-0.3, -0.25) is 9.59 Å². The second kappa shape index (κ2) is 12.4. The molecule has 0 unspecified atom stereocenters. The number of benzene rings is 3. The number of carbonyl (C=O) groups is 2. The fraction of sp³-hybridized carbons (Fsp3) is 0.258. The number of rotatable bonds is 7. The van der Waals surface area contributed by atoms with Crippen molar-refractivity contribution in [3.63, 3.8) is 0 Å². The highest BCUT2D eigenvalue weighted by atomic mass is 35.5. The average molecular weight is 598 g/mol. The minimum atomic E-state index is -4.47. The van der Waals surface area contributed by atoms with E-state index >= 15 is 0 Å². The molecule has 5 rings (SSSR count). The van der Waals surface area contributed by atoms with Crippen LogP contribution in [0.5, 0.6) is 0 Å². The standard InChI is InChI=1S/C31H27ClF3N3O2S/c32-24-8-3-5-20(17-24)11-12-28(39)38-15-13-21(14-16-38)30-37-27(19-41-30)29(40)36-26-10-2-1-9-25(26)22-6-4-7-23(18-22)31(33,34)35/h1-10,17-19,21H,11-16H2,(H,36,40). The van der Waals surface area contributed by atoms with Gasteiger partial charge in [0.1, 0.15) is 5.69 Å². The molecule has 0 aliphatic carbocycles. The molecule has 2 heterocycles. The number of aryl methyl sites for hydroxylation is 1. The molecule has 0 radical (unpaired) electrons. The number of thiazole rings is 1. The van der Waals surface area contributed by atoms with E-state index < -0.39 is 17.6 Å². The van der Waals surface area contributed by atoms with Gasteiger partial charge in [-0.2, -0.15) is 13.2 Å². The Morgan fingerprint density at radius 1 is 1.00 bits per heavy atom. The van der Waals surface area contributed by atoms with Gasteiger partial charge in [0.25, 0.3) is 5.91 Å². The number of piperidine rings is 1. The lowest BCUT2D eigenvalue weighted by molar-refractivity contribution is -0.137. The Balaban J connectivity index is 1.19. The van der Waals surface area contributed by atoms with Gasteiger partial charge >= 0.3 is 6.18 Å². The second-order valence-electron chi connectivity index (χ2n) is 9.93. The molecule has 3 aromatic carbocycles. The number of alkyl halides is 3. The molecule has 0 atom stereocenters. The van der Waals surface area contributed by atoms with Crippen LogP contribution in [-0.4, -0.2) is 34.8 Å². The van der Waals surface area contributed by atoms with Gasteiger partial charge in [0.15, 0.2) is 0 Å². The van der Waals surface area contributed by atoms with Crippen LogP contribution in [0.2, 0.25) is 5.02 Å². The molecule has 2 amide bonds. The highest BCUT2D eigenvalue weighted by molar-refractivity contribution is 7.10. The fourth-order valence-electron chi connectivity index (χ4n) is 4.95. The molecule has 0 saturated carbocycles.